The lowest BCUT2D eigenvalue weighted by molar-refractivity contribution is -0.146. The molecule has 7 rings (SSSR count). The monoisotopic (exact) mass is 516 g/mol. The minimum Gasteiger partial charge on any atom is -0.361 e. The number of para-hydroxylation sites is 1. The Hall–Kier alpha value is -3.16. The summed E-state index contributed by atoms with van der Waals surface area (Å²) < 4.78 is 0. The van der Waals surface area contributed by atoms with Crippen LogP contribution >= 0.6 is 11.6 Å². The predicted octanol–water partition coefficient (Wildman–Crippen LogP) is 4.43. The topological polar surface area (TPSA) is 94.3 Å². The van der Waals surface area contributed by atoms with Crippen LogP contribution < -0.4 is 10.6 Å². The number of carbonyl (C=O) groups excluding carboxylic acids is 3. The quantitative estimate of drug-likeness (QED) is 0.449. The van der Waals surface area contributed by atoms with Crippen LogP contribution in [0.3, 0.4) is 0 Å². The van der Waals surface area contributed by atoms with E-state index in [9.17, 15) is 14.4 Å². The van der Waals surface area contributed by atoms with Gasteiger partial charge in [0.1, 0.15) is 5.54 Å². The number of fused-ring (bicyclic) bond motifs is 5. The summed E-state index contributed by atoms with van der Waals surface area (Å²) in [5.41, 5.74) is 2.94. The number of nitrogens with one attached hydrogen (secondary N) is 3. The summed E-state index contributed by atoms with van der Waals surface area (Å²) in [7, 11) is 0. The first-order chi connectivity index (χ1) is 17.9. The number of imide groups is 1. The van der Waals surface area contributed by atoms with E-state index in [1.807, 2.05) is 37.4 Å². The Morgan fingerprint density at radius 3 is 2.65 bits per heavy atom. The zero-order valence-electron chi connectivity index (χ0n) is 20.6. The van der Waals surface area contributed by atoms with Crippen molar-refractivity contribution in [3.63, 3.8) is 0 Å². The van der Waals surface area contributed by atoms with Gasteiger partial charge in [-0.15, -0.1) is 0 Å². The smallest absolute Gasteiger partial charge is 0.250 e. The van der Waals surface area contributed by atoms with Crippen molar-refractivity contribution in [3.8, 4) is 0 Å². The van der Waals surface area contributed by atoms with E-state index in [1.54, 1.807) is 6.07 Å². The Labute approximate surface area is 219 Å². The number of benzene rings is 2. The minimum absolute atomic E-state index is 0.0878. The van der Waals surface area contributed by atoms with Gasteiger partial charge in [0.25, 0.3) is 0 Å². The summed E-state index contributed by atoms with van der Waals surface area (Å²) in [6.07, 6.45) is 7.30. The normalized spacial score (nSPS) is 29.4. The van der Waals surface area contributed by atoms with Crippen LogP contribution in [0.25, 0.3) is 10.9 Å². The molecule has 7 nitrogen and oxygen atoms in total. The molecule has 0 bridgehead atoms. The summed E-state index contributed by atoms with van der Waals surface area (Å²) in [6, 6.07) is 11.2. The molecule has 37 heavy (non-hydrogen) atoms. The zero-order chi connectivity index (χ0) is 25.5. The van der Waals surface area contributed by atoms with Crippen LogP contribution in [-0.2, 0) is 26.3 Å². The molecule has 8 heteroatoms. The lowest BCUT2D eigenvalue weighted by Crippen LogP contribution is -2.54. The standard InChI is InChI=1S/C29H29ClN4O3/c1-15-11-17(30)13-20-25(15)32-28(37)29(20)24-23(26(35)34(27(24)36)18-7-3-2-4-8-18)22(33-29)12-16-14-31-21-10-6-5-9-19(16)21/h5-6,9-11,13-14,18,22-24,31,33H,2-4,7-8,12H2,1H3,(H,32,37)/t22?,23-,24+,29?/m1/s1. The molecule has 4 aliphatic rings. The molecule has 2 saturated heterocycles. The van der Waals surface area contributed by atoms with Gasteiger partial charge in [0.05, 0.1) is 11.8 Å². The first kappa shape index (κ1) is 23.0. The molecule has 2 aromatic carbocycles. The molecule has 1 saturated carbocycles. The van der Waals surface area contributed by atoms with Crippen molar-refractivity contribution in [1.29, 1.82) is 0 Å². The van der Waals surface area contributed by atoms with Gasteiger partial charge in [-0.1, -0.05) is 49.1 Å². The molecule has 2 unspecified atom stereocenters. The summed E-state index contributed by atoms with van der Waals surface area (Å²) in [5.74, 6) is -2.08. The SMILES string of the molecule is Cc1cc(Cl)cc2c1NC(=O)C21NC(Cc2c[nH]c3ccccc23)[C@H]2C(=O)N(C3CCCCC3)C(=O)[C@H]21. The molecule has 3 aromatic rings. The molecular weight excluding hydrogens is 488 g/mol. The number of hydrogen-bond acceptors (Lipinski definition) is 4. The largest absolute Gasteiger partial charge is 0.361 e. The fraction of sp³-hybridized carbons (Fsp3) is 0.414. The van der Waals surface area contributed by atoms with Crippen LogP contribution in [0.4, 0.5) is 5.69 Å². The van der Waals surface area contributed by atoms with Gasteiger partial charge in [-0.2, -0.15) is 0 Å². The van der Waals surface area contributed by atoms with E-state index in [-0.39, 0.29) is 29.8 Å². The van der Waals surface area contributed by atoms with Gasteiger partial charge in [-0.3, -0.25) is 24.6 Å². The first-order valence-corrected chi connectivity index (χ1v) is 13.6. The Kier molecular flexibility index (Phi) is 5.08. The number of aryl methyl sites for hydroxylation is 1. The summed E-state index contributed by atoms with van der Waals surface area (Å²) in [6.45, 7) is 1.90. The highest BCUT2D eigenvalue weighted by Crippen LogP contribution is 2.55. The van der Waals surface area contributed by atoms with Crippen LogP contribution in [0.15, 0.2) is 42.6 Å². The van der Waals surface area contributed by atoms with Gasteiger partial charge in [-0.05, 0) is 55.5 Å². The third kappa shape index (κ3) is 3.13. The van der Waals surface area contributed by atoms with Crippen molar-refractivity contribution in [2.24, 2.45) is 11.8 Å². The number of anilines is 1. The lowest BCUT2D eigenvalue weighted by atomic mass is 9.76. The highest BCUT2D eigenvalue weighted by molar-refractivity contribution is 6.31. The molecule has 1 aromatic heterocycles. The molecule has 1 spiro atoms. The lowest BCUT2D eigenvalue weighted by Gasteiger charge is -2.34. The minimum atomic E-state index is -1.33. The van der Waals surface area contributed by atoms with Crippen molar-refractivity contribution in [2.75, 3.05) is 5.32 Å². The average molecular weight is 517 g/mol. The van der Waals surface area contributed by atoms with Crippen molar-refractivity contribution < 1.29 is 14.4 Å². The van der Waals surface area contributed by atoms with E-state index in [0.29, 0.717) is 22.7 Å². The van der Waals surface area contributed by atoms with Crippen LogP contribution in [0, 0.1) is 18.8 Å². The Morgan fingerprint density at radius 1 is 1.05 bits per heavy atom. The number of rotatable bonds is 3. The van der Waals surface area contributed by atoms with Gasteiger partial charge >= 0.3 is 0 Å². The maximum atomic E-state index is 14.2. The molecule has 1 aliphatic carbocycles. The number of aromatic nitrogens is 1. The van der Waals surface area contributed by atoms with Crippen molar-refractivity contribution in [2.45, 2.75) is 63.1 Å². The van der Waals surface area contributed by atoms with Crippen molar-refractivity contribution in [1.82, 2.24) is 15.2 Å². The van der Waals surface area contributed by atoms with Gasteiger partial charge in [0, 0.05) is 45.5 Å². The third-order valence-electron chi connectivity index (χ3n) is 9.07. The molecule has 4 atom stereocenters. The molecule has 3 N–H and O–H groups in total. The molecule has 0 radical (unpaired) electrons. The zero-order valence-corrected chi connectivity index (χ0v) is 21.4. The van der Waals surface area contributed by atoms with Crippen LogP contribution in [-0.4, -0.2) is 39.7 Å². The third-order valence-corrected chi connectivity index (χ3v) is 9.29. The number of carbonyl (C=O) groups is 3. The molecule has 3 aliphatic heterocycles. The highest BCUT2D eigenvalue weighted by atomic mass is 35.5. The Balaban J connectivity index is 1.37. The summed E-state index contributed by atoms with van der Waals surface area (Å²) >= 11 is 6.48. The summed E-state index contributed by atoms with van der Waals surface area (Å²) in [5, 5.41) is 8.18. The van der Waals surface area contributed by atoms with Crippen LogP contribution in [0.5, 0.6) is 0 Å². The molecule has 3 fully saturated rings. The van der Waals surface area contributed by atoms with E-state index in [4.69, 9.17) is 11.6 Å². The number of aromatic amines is 1. The number of amides is 3. The first-order valence-electron chi connectivity index (χ1n) is 13.2. The molecule has 4 heterocycles. The van der Waals surface area contributed by atoms with Crippen molar-refractivity contribution >= 4 is 45.9 Å². The maximum Gasteiger partial charge on any atom is 0.250 e. The fourth-order valence-electron chi connectivity index (χ4n) is 7.47. The van der Waals surface area contributed by atoms with E-state index in [1.165, 1.54) is 4.90 Å². The number of halogens is 1. The molecule has 190 valence electrons. The second-order valence-corrected chi connectivity index (χ2v) is 11.5. The molecule has 3 amide bonds. The van der Waals surface area contributed by atoms with Crippen molar-refractivity contribution in [3.05, 3.63) is 64.3 Å². The van der Waals surface area contributed by atoms with Gasteiger partial charge in [0.2, 0.25) is 17.7 Å². The number of hydrogen-bond donors (Lipinski definition) is 3. The predicted molar refractivity (Wildman–Crippen MR) is 141 cm³/mol. The van der Waals surface area contributed by atoms with Gasteiger partial charge in [0.15, 0.2) is 0 Å². The van der Waals surface area contributed by atoms with E-state index in [2.05, 4.69) is 21.7 Å². The van der Waals surface area contributed by atoms with E-state index >= 15 is 0 Å². The molecular formula is C29H29ClN4O3. The fourth-order valence-corrected chi connectivity index (χ4v) is 7.74. The number of H-pyrrole nitrogens is 1. The van der Waals surface area contributed by atoms with Crippen LogP contribution in [0.1, 0.15) is 48.8 Å². The number of nitrogens with zero attached hydrogens (tertiary/aromatic N) is 1. The Bertz CT molecular complexity index is 1480. The highest BCUT2D eigenvalue weighted by Gasteiger charge is 2.71. The van der Waals surface area contributed by atoms with Crippen LogP contribution in [0.2, 0.25) is 5.02 Å². The van der Waals surface area contributed by atoms with E-state index < -0.39 is 17.4 Å². The van der Waals surface area contributed by atoms with Gasteiger partial charge < -0.3 is 10.3 Å². The maximum absolute atomic E-state index is 14.2. The van der Waals surface area contributed by atoms with E-state index in [0.717, 1.165) is 54.1 Å². The van der Waals surface area contributed by atoms with Gasteiger partial charge in [-0.25, -0.2) is 0 Å². The number of likely N-dealkylation sites (tertiary alicyclic amines) is 1. The average Bonchev–Trinajstić information content (AvgIpc) is 3.60. The summed E-state index contributed by atoms with van der Waals surface area (Å²) in [4.78, 5) is 47.0. The Morgan fingerprint density at radius 2 is 1.84 bits per heavy atom. The second-order valence-electron chi connectivity index (χ2n) is 11.1. The second kappa shape index (κ2) is 8.17.